The fraction of sp³-hybridized carbons (Fsp3) is 0.552. The Hall–Kier alpha value is -2.58. The molecule has 1 aliphatic rings. The van der Waals surface area contributed by atoms with Gasteiger partial charge in [0, 0.05) is 37.2 Å². The minimum Gasteiger partial charge on any atom is -0.493 e. The molecule has 2 aromatic rings. The van der Waals surface area contributed by atoms with Crippen LogP contribution in [0.3, 0.4) is 0 Å². The SMILES string of the molecule is Cc1c(C(=O)NCC2CN(C(C)c3ccc(OCCCCN(C)C)c(C)c3C)C2)cccc1C(F)(F)F. The summed E-state index contributed by atoms with van der Waals surface area (Å²) in [5, 5.41) is 2.83. The topological polar surface area (TPSA) is 44.8 Å². The molecule has 1 aliphatic heterocycles. The van der Waals surface area contributed by atoms with Gasteiger partial charge in [0.15, 0.2) is 0 Å². The average molecular weight is 520 g/mol. The standard InChI is InChI=1S/C29H40F3N3O2/c1-19-20(2)27(37-15-8-7-14-34(5)6)13-12-24(19)22(4)35-17-23(18-35)16-33-28(36)25-10-9-11-26(21(25)3)29(30,31)32/h9-13,22-23H,7-8,14-18H2,1-6H3,(H,33,36). The molecule has 2 aromatic carbocycles. The Labute approximate surface area is 219 Å². The van der Waals surface area contributed by atoms with E-state index in [2.05, 4.69) is 62.1 Å². The van der Waals surface area contributed by atoms with Gasteiger partial charge in [-0.15, -0.1) is 0 Å². The van der Waals surface area contributed by atoms with Crippen molar-refractivity contribution in [1.29, 1.82) is 0 Å². The molecule has 0 aliphatic carbocycles. The number of benzene rings is 2. The number of hydrogen-bond donors (Lipinski definition) is 1. The highest BCUT2D eigenvalue weighted by Gasteiger charge is 2.34. The first-order valence-electron chi connectivity index (χ1n) is 13.0. The molecule has 1 amide bonds. The summed E-state index contributed by atoms with van der Waals surface area (Å²) in [6.07, 6.45) is -2.35. The molecule has 1 atom stereocenters. The van der Waals surface area contributed by atoms with E-state index in [0.717, 1.165) is 49.9 Å². The molecule has 0 spiro atoms. The van der Waals surface area contributed by atoms with E-state index in [1.54, 1.807) is 0 Å². The van der Waals surface area contributed by atoms with E-state index >= 15 is 0 Å². The lowest BCUT2D eigenvalue weighted by Gasteiger charge is -2.44. The summed E-state index contributed by atoms with van der Waals surface area (Å²) in [5.74, 6) is 0.745. The van der Waals surface area contributed by atoms with Crippen molar-refractivity contribution in [2.45, 2.75) is 52.8 Å². The van der Waals surface area contributed by atoms with E-state index in [-0.39, 0.29) is 23.1 Å². The van der Waals surface area contributed by atoms with Gasteiger partial charge >= 0.3 is 6.18 Å². The van der Waals surface area contributed by atoms with Crippen molar-refractivity contribution in [3.05, 3.63) is 63.7 Å². The first-order valence-corrected chi connectivity index (χ1v) is 13.0. The molecule has 37 heavy (non-hydrogen) atoms. The summed E-state index contributed by atoms with van der Waals surface area (Å²) < 4.78 is 45.5. The molecule has 5 nitrogen and oxygen atoms in total. The summed E-state index contributed by atoms with van der Waals surface area (Å²) in [4.78, 5) is 17.1. The molecule has 1 fully saturated rings. The van der Waals surface area contributed by atoms with Crippen LogP contribution in [-0.2, 0) is 6.18 Å². The molecule has 0 bridgehead atoms. The lowest BCUT2D eigenvalue weighted by Crippen LogP contribution is -2.52. The van der Waals surface area contributed by atoms with Crippen LogP contribution in [0.1, 0.15) is 64.0 Å². The predicted octanol–water partition coefficient (Wildman–Crippen LogP) is 5.77. The third-order valence-electron chi connectivity index (χ3n) is 7.45. The van der Waals surface area contributed by atoms with Crippen LogP contribution in [0.5, 0.6) is 5.75 Å². The first-order chi connectivity index (χ1) is 17.4. The molecule has 3 rings (SSSR count). The van der Waals surface area contributed by atoms with Crippen molar-refractivity contribution in [3.8, 4) is 5.75 Å². The normalized spacial score (nSPS) is 15.5. The number of nitrogens with zero attached hydrogens (tertiary/aromatic N) is 2. The van der Waals surface area contributed by atoms with E-state index in [0.29, 0.717) is 13.2 Å². The molecular formula is C29H40F3N3O2. The Morgan fingerprint density at radius 1 is 1.08 bits per heavy atom. The van der Waals surface area contributed by atoms with E-state index in [9.17, 15) is 18.0 Å². The molecule has 1 N–H and O–H groups in total. The van der Waals surface area contributed by atoms with Gasteiger partial charge in [-0.2, -0.15) is 13.2 Å². The molecule has 204 valence electrons. The highest BCUT2D eigenvalue weighted by atomic mass is 19.4. The van der Waals surface area contributed by atoms with E-state index in [1.807, 2.05) is 0 Å². The van der Waals surface area contributed by atoms with Gasteiger partial charge in [0.2, 0.25) is 0 Å². The number of carbonyl (C=O) groups is 1. The number of halogens is 3. The van der Waals surface area contributed by atoms with Gasteiger partial charge in [-0.05, 0) is 102 Å². The third-order valence-corrected chi connectivity index (χ3v) is 7.45. The number of carbonyl (C=O) groups excluding carboxylic acids is 1. The van der Waals surface area contributed by atoms with Crippen LogP contribution in [0.25, 0.3) is 0 Å². The van der Waals surface area contributed by atoms with Crippen LogP contribution in [0, 0.1) is 26.7 Å². The van der Waals surface area contributed by atoms with E-state index in [1.165, 1.54) is 30.2 Å². The molecule has 0 aromatic heterocycles. The highest BCUT2D eigenvalue weighted by molar-refractivity contribution is 5.96. The second-order valence-electron chi connectivity index (χ2n) is 10.4. The zero-order chi connectivity index (χ0) is 27.3. The van der Waals surface area contributed by atoms with E-state index < -0.39 is 17.6 Å². The minimum atomic E-state index is -4.47. The molecule has 1 unspecified atom stereocenters. The summed E-state index contributed by atoms with van der Waals surface area (Å²) in [6.45, 7) is 11.6. The summed E-state index contributed by atoms with van der Waals surface area (Å²) in [7, 11) is 4.15. The quantitative estimate of drug-likeness (QED) is 0.383. The molecule has 1 saturated heterocycles. The second kappa shape index (κ2) is 12.3. The van der Waals surface area contributed by atoms with Crippen LogP contribution in [0.2, 0.25) is 0 Å². The Kier molecular flexibility index (Phi) is 9.64. The van der Waals surface area contributed by atoms with Crippen molar-refractivity contribution in [2.75, 3.05) is 46.9 Å². The summed E-state index contributed by atoms with van der Waals surface area (Å²) in [5.41, 5.74) is 2.93. The number of unbranched alkanes of at least 4 members (excludes halogenated alkanes) is 1. The number of ether oxygens (including phenoxy) is 1. The van der Waals surface area contributed by atoms with Gasteiger partial charge in [0.05, 0.1) is 12.2 Å². The summed E-state index contributed by atoms with van der Waals surface area (Å²) in [6, 6.07) is 8.17. The number of amides is 1. The minimum absolute atomic E-state index is 0.0387. The Bertz CT molecular complexity index is 1080. The monoisotopic (exact) mass is 519 g/mol. The van der Waals surface area contributed by atoms with Crippen molar-refractivity contribution in [1.82, 2.24) is 15.1 Å². The number of alkyl halides is 3. The van der Waals surface area contributed by atoms with Crippen LogP contribution in [0.4, 0.5) is 13.2 Å². The van der Waals surface area contributed by atoms with Crippen LogP contribution in [0.15, 0.2) is 30.3 Å². The Balaban J connectivity index is 1.50. The zero-order valence-electron chi connectivity index (χ0n) is 22.8. The lowest BCUT2D eigenvalue weighted by molar-refractivity contribution is -0.138. The maximum atomic E-state index is 13.2. The second-order valence-corrected chi connectivity index (χ2v) is 10.4. The molecule has 0 saturated carbocycles. The Morgan fingerprint density at radius 3 is 2.43 bits per heavy atom. The third kappa shape index (κ3) is 7.26. The molecule has 0 radical (unpaired) electrons. The van der Waals surface area contributed by atoms with E-state index in [4.69, 9.17) is 4.74 Å². The molecule has 8 heteroatoms. The van der Waals surface area contributed by atoms with Crippen molar-refractivity contribution in [2.24, 2.45) is 5.92 Å². The number of likely N-dealkylation sites (tertiary alicyclic amines) is 1. The first kappa shape index (κ1) is 29.0. The largest absolute Gasteiger partial charge is 0.493 e. The fourth-order valence-electron chi connectivity index (χ4n) is 4.91. The van der Waals surface area contributed by atoms with Gasteiger partial charge in [0.25, 0.3) is 5.91 Å². The van der Waals surface area contributed by atoms with Gasteiger partial charge in [0.1, 0.15) is 5.75 Å². The fourth-order valence-corrected chi connectivity index (χ4v) is 4.91. The molecule has 1 heterocycles. The van der Waals surface area contributed by atoms with Crippen LogP contribution < -0.4 is 10.1 Å². The van der Waals surface area contributed by atoms with Crippen molar-refractivity contribution < 1.29 is 22.7 Å². The smallest absolute Gasteiger partial charge is 0.416 e. The van der Waals surface area contributed by atoms with Gasteiger partial charge in [-0.25, -0.2) is 0 Å². The van der Waals surface area contributed by atoms with Gasteiger partial charge in [-0.3, -0.25) is 9.69 Å². The number of rotatable bonds is 11. The van der Waals surface area contributed by atoms with Gasteiger partial charge in [-0.1, -0.05) is 12.1 Å². The van der Waals surface area contributed by atoms with Crippen molar-refractivity contribution >= 4 is 5.91 Å². The Morgan fingerprint density at radius 2 is 1.78 bits per heavy atom. The van der Waals surface area contributed by atoms with Crippen molar-refractivity contribution in [3.63, 3.8) is 0 Å². The van der Waals surface area contributed by atoms with Crippen LogP contribution in [-0.4, -0.2) is 62.6 Å². The number of hydrogen-bond acceptors (Lipinski definition) is 4. The number of nitrogens with one attached hydrogen (secondary N) is 1. The molecular weight excluding hydrogens is 479 g/mol. The highest BCUT2D eigenvalue weighted by Crippen LogP contribution is 2.35. The lowest BCUT2D eigenvalue weighted by atomic mass is 9.91. The van der Waals surface area contributed by atoms with Crippen LogP contribution >= 0.6 is 0 Å². The zero-order valence-corrected chi connectivity index (χ0v) is 22.8. The average Bonchev–Trinajstić information content (AvgIpc) is 2.79. The maximum Gasteiger partial charge on any atom is 0.416 e. The predicted molar refractivity (Wildman–Crippen MR) is 141 cm³/mol. The summed E-state index contributed by atoms with van der Waals surface area (Å²) >= 11 is 0. The van der Waals surface area contributed by atoms with Gasteiger partial charge < -0.3 is 15.0 Å². The maximum absolute atomic E-state index is 13.2.